The average molecular weight is 178 g/mol. The van der Waals surface area contributed by atoms with Crippen molar-refractivity contribution in [2.75, 3.05) is 0 Å². The van der Waals surface area contributed by atoms with Crippen LogP contribution < -0.4 is 16.8 Å². The molecule has 0 saturated carbocycles. The smallest absolute Gasteiger partial charge is 0.185 e. The summed E-state index contributed by atoms with van der Waals surface area (Å²) in [5, 5.41) is 9.72. The van der Waals surface area contributed by atoms with Gasteiger partial charge in [-0.25, -0.2) is 0 Å². The van der Waals surface area contributed by atoms with Gasteiger partial charge in [-0.15, -0.1) is 0 Å². The van der Waals surface area contributed by atoms with Crippen LogP contribution in [0, 0.1) is 5.41 Å². The lowest BCUT2D eigenvalue weighted by Crippen LogP contribution is -2.29. The molecule has 0 radical (unpaired) electrons. The fourth-order valence-electron chi connectivity index (χ4n) is 1.06. The van der Waals surface area contributed by atoms with E-state index in [4.69, 9.17) is 16.9 Å². The molecule has 0 heterocycles. The maximum absolute atomic E-state index is 6.98. The van der Waals surface area contributed by atoms with Crippen molar-refractivity contribution in [3.05, 3.63) is 35.4 Å². The van der Waals surface area contributed by atoms with Gasteiger partial charge in [0.2, 0.25) is 0 Å². The van der Waals surface area contributed by atoms with Gasteiger partial charge in [0.15, 0.2) is 5.96 Å². The second-order valence-corrected chi connectivity index (χ2v) is 2.79. The van der Waals surface area contributed by atoms with Crippen molar-refractivity contribution in [3.8, 4) is 0 Å². The Hall–Kier alpha value is -1.55. The lowest BCUT2D eigenvalue weighted by atomic mass is 10.1. The highest BCUT2D eigenvalue weighted by Gasteiger charge is 1.94. The Bertz CT molecular complexity index is 295. The van der Waals surface area contributed by atoms with Crippen LogP contribution in [0.1, 0.15) is 11.1 Å². The summed E-state index contributed by atoms with van der Waals surface area (Å²) >= 11 is 0. The molecule has 70 valence electrons. The van der Waals surface area contributed by atoms with Gasteiger partial charge in [-0.3, -0.25) is 5.41 Å². The zero-order chi connectivity index (χ0) is 9.68. The minimum atomic E-state index is -0.0156. The van der Waals surface area contributed by atoms with Crippen LogP contribution in [0.2, 0.25) is 0 Å². The van der Waals surface area contributed by atoms with Gasteiger partial charge in [-0.2, -0.15) is 0 Å². The van der Waals surface area contributed by atoms with Crippen molar-refractivity contribution in [1.29, 1.82) is 5.41 Å². The highest BCUT2D eigenvalue weighted by molar-refractivity contribution is 5.74. The Kier molecular flexibility index (Phi) is 3.28. The van der Waals surface area contributed by atoms with Gasteiger partial charge in [0.05, 0.1) is 0 Å². The Morgan fingerprint density at radius 3 is 2.69 bits per heavy atom. The van der Waals surface area contributed by atoms with E-state index in [0.29, 0.717) is 13.1 Å². The molecule has 0 unspecified atom stereocenters. The molecule has 1 aromatic rings. The van der Waals surface area contributed by atoms with Crippen molar-refractivity contribution in [1.82, 2.24) is 5.32 Å². The van der Waals surface area contributed by atoms with Crippen molar-refractivity contribution >= 4 is 5.96 Å². The van der Waals surface area contributed by atoms with Gasteiger partial charge in [0.1, 0.15) is 0 Å². The average Bonchev–Trinajstić information content (AvgIpc) is 2.15. The SMILES string of the molecule is N=C(N)NCc1cccc(CN)c1. The van der Waals surface area contributed by atoms with Gasteiger partial charge in [0, 0.05) is 13.1 Å². The van der Waals surface area contributed by atoms with Gasteiger partial charge in [-0.1, -0.05) is 24.3 Å². The minimum Gasteiger partial charge on any atom is -0.370 e. The minimum absolute atomic E-state index is 0.0156. The predicted octanol–water partition coefficient (Wildman–Crippen LogP) is 0.128. The third-order valence-corrected chi connectivity index (χ3v) is 1.71. The summed E-state index contributed by atoms with van der Waals surface area (Å²) in [7, 11) is 0. The van der Waals surface area contributed by atoms with E-state index in [1.165, 1.54) is 0 Å². The Morgan fingerprint density at radius 2 is 2.08 bits per heavy atom. The van der Waals surface area contributed by atoms with E-state index in [1.54, 1.807) is 0 Å². The molecule has 13 heavy (non-hydrogen) atoms. The Morgan fingerprint density at radius 1 is 1.38 bits per heavy atom. The summed E-state index contributed by atoms with van der Waals surface area (Å²) in [6, 6.07) is 7.88. The highest BCUT2D eigenvalue weighted by Crippen LogP contribution is 2.03. The first-order valence-corrected chi connectivity index (χ1v) is 4.08. The number of guanidine groups is 1. The molecule has 0 fully saturated rings. The highest BCUT2D eigenvalue weighted by atomic mass is 15.0. The Balaban J connectivity index is 2.61. The van der Waals surface area contributed by atoms with Crippen molar-refractivity contribution in [2.24, 2.45) is 11.5 Å². The quantitative estimate of drug-likeness (QED) is 0.392. The molecular weight excluding hydrogens is 164 g/mol. The molecule has 1 rings (SSSR count). The molecule has 0 aliphatic rings. The van der Waals surface area contributed by atoms with Gasteiger partial charge >= 0.3 is 0 Å². The van der Waals surface area contributed by atoms with Crippen LogP contribution in [-0.2, 0) is 13.1 Å². The number of hydrogen-bond acceptors (Lipinski definition) is 2. The van der Waals surface area contributed by atoms with E-state index in [1.807, 2.05) is 24.3 Å². The van der Waals surface area contributed by atoms with Crippen LogP contribution in [0.25, 0.3) is 0 Å². The molecular formula is C9H14N4. The molecule has 6 N–H and O–H groups in total. The van der Waals surface area contributed by atoms with Crippen molar-refractivity contribution in [3.63, 3.8) is 0 Å². The largest absolute Gasteiger partial charge is 0.370 e. The summed E-state index contributed by atoms with van der Waals surface area (Å²) in [4.78, 5) is 0. The number of nitrogens with one attached hydrogen (secondary N) is 2. The molecule has 1 aromatic carbocycles. The number of hydrogen-bond donors (Lipinski definition) is 4. The molecule has 4 nitrogen and oxygen atoms in total. The van der Waals surface area contributed by atoms with Crippen LogP contribution in [0.15, 0.2) is 24.3 Å². The fraction of sp³-hybridized carbons (Fsp3) is 0.222. The topological polar surface area (TPSA) is 87.9 Å². The van der Waals surface area contributed by atoms with Gasteiger partial charge < -0.3 is 16.8 Å². The maximum atomic E-state index is 6.98. The molecule has 0 aliphatic carbocycles. The lowest BCUT2D eigenvalue weighted by molar-refractivity contribution is 0.891. The number of nitrogens with two attached hydrogens (primary N) is 2. The molecule has 0 amide bonds. The van der Waals surface area contributed by atoms with Crippen LogP contribution in [0.4, 0.5) is 0 Å². The maximum Gasteiger partial charge on any atom is 0.185 e. The summed E-state index contributed by atoms with van der Waals surface area (Å²) in [5.74, 6) is -0.0156. The molecule has 0 atom stereocenters. The summed E-state index contributed by atoms with van der Waals surface area (Å²) in [6.07, 6.45) is 0. The lowest BCUT2D eigenvalue weighted by Gasteiger charge is -2.05. The molecule has 0 bridgehead atoms. The van der Waals surface area contributed by atoms with E-state index < -0.39 is 0 Å². The summed E-state index contributed by atoms with van der Waals surface area (Å²) in [6.45, 7) is 1.11. The molecule has 0 aliphatic heterocycles. The number of benzene rings is 1. The first-order valence-electron chi connectivity index (χ1n) is 4.08. The van der Waals surface area contributed by atoms with Crippen LogP contribution >= 0.6 is 0 Å². The zero-order valence-electron chi connectivity index (χ0n) is 7.38. The monoisotopic (exact) mass is 178 g/mol. The molecule has 0 saturated heterocycles. The van der Waals surface area contributed by atoms with E-state index in [2.05, 4.69) is 5.32 Å². The standard InChI is InChI=1S/C9H14N4/c10-5-7-2-1-3-8(4-7)6-13-9(11)12/h1-4H,5-6,10H2,(H4,11,12,13). The molecule has 4 heteroatoms. The first-order chi connectivity index (χ1) is 6.22. The van der Waals surface area contributed by atoms with E-state index in [-0.39, 0.29) is 5.96 Å². The zero-order valence-corrected chi connectivity index (χ0v) is 7.38. The first kappa shape index (κ1) is 9.54. The second-order valence-electron chi connectivity index (χ2n) is 2.79. The van der Waals surface area contributed by atoms with E-state index in [9.17, 15) is 0 Å². The molecule has 0 aromatic heterocycles. The van der Waals surface area contributed by atoms with Crippen molar-refractivity contribution < 1.29 is 0 Å². The second kappa shape index (κ2) is 4.47. The van der Waals surface area contributed by atoms with E-state index >= 15 is 0 Å². The fourth-order valence-corrected chi connectivity index (χ4v) is 1.06. The summed E-state index contributed by atoms with van der Waals surface area (Å²) in [5.41, 5.74) is 12.8. The number of rotatable bonds is 3. The van der Waals surface area contributed by atoms with Gasteiger partial charge in [-0.05, 0) is 11.1 Å². The van der Waals surface area contributed by atoms with Crippen LogP contribution in [-0.4, -0.2) is 5.96 Å². The van der Waals surface area contributed by atoms with Crippen LogP contribution in [0.3, 0.4) is 0 Å². The summed E-state index contributed by atoms with van der Waals surface area (Å²) < 4.78 is 0. The van der Waals surface area contributed by atoms with E-state index in [0.717, 1.165) is 11.1 Å². The third-order valence-electron chi connectivity index (χ3n) is 1.71. The van der Waals surface area contributed by atoms with Crippen LogP contribution in [0.5, 0.6) is 0 Å². The van der Waals surface area contributed by atoms with Crippen molar-refractivity contribution in [2.45, 2.75) is 13.1 Å². The Labute approximate surface area is 77.4 Å². The van der Waals surface area contributed by atoms with Gasteiger partial charge in [0.25, 0.3) is 0 Å². The molecule has 0 spiro atoms. The predicted molar refractivity (Wildman–Crippen MR) is 53.1 cm³/mol. The normalized spacial score (nSPS) is 9.62. The third kappa shape index (κ3) is 3.13.